The Morgan fingerprint density at radius 2 is 2.13 bits per heavy atom. The van der Waals surface area contributed by atoms with Gasteiger partial charge in [-0.1, -0.05) is 31.3 Å². The minimum absolute atomic E-state index is 0.0221. The monoisotopic (exact) mass is 336 g/mol. The third-order valence-corrected chi connectivity index (χ3v) is 3.93. The van der Waals surface area contributed by atoms with Crippen molar-refractivity contribution < 1.29 is 14.5 Å². The molecule has 0 aliphatic heterocycles. The number of nitro benzene ring substituents is 1. The zero-order chi connectivity index (χ0) is 17.4. The lowest BCUT2D eigenvalue weighted by atomic mass is 9.92. The maximum Gasteiger partial charge on any atom is 0.330 e. The van der Waals surface area contributed by atoms with Crippen molar-refractivity contribution in [3.8, 4) is 0 Å². The second-order valence-corrected chi connectivity index (χ2v) is 5.48. The summed E-state index contributed by atoms with van der Waals surface area (Å²) in [6, 6.07) is 6.31. The molecule has 6 nitrogen and oxygen atoms in total. The van der Waals surface area contributed by atoms with Crippen molar-refractivity contribution in [2.24, 2.45) is 11.7 Å². The highest BCUT2D eigenvalue weighted by molar-refractivity contribution is 7.80. The summed E-state index contributed by atoms with van der Waals surface area (Å²) >= 11 is 5.02. The van der Waals surface area contributed by atoms with E-state index in [-0.39, 0.29) is 11.6 Å². The number of para-hydroxylation sites is 1. The van der Waals surface area contributed by atoms with Crippen molar-refractivity contribution in [3.05, 3.63) is 46.0 Å². The van der Waals surface area contributed by atoms with Gasteiger partial charge in [-0.05, 0) is 30.9 Å². The predicted octanol–water partition coefficient (Wildman–Crippen LogP) is 3.24. The molecule has 0 aliphatic carbocycles. The number of ether oxygens (including phenoxy) is 1. The van der Waals surface area contributed by atoms with E-state index in [1.54, 1.807) is 18.2 Å². The zero-order valence-corrected chi connectivity index (χ0v) is 14.0. The number of esters is 1. The highest BCUT2D eigenvalue weighted by Gasteiger charge is 2.19. The molecule has 0 heterocycles. The van der Waals surface area contributed by atoms with Crippen molar-refractivity contribution in [1.29, 1.82) is 0 Å². The quantitative estimate of drug-likeness (QED) is 0.257. The maximum absolute atomic E-state index is 11.6. The van der Waals surface area contributed by atoms with Crippen LogP contribution >= 0.6 is 12.2 Å². The van der Waals surface area contributed by atoms with Crippen LogP contribution in [0.15, 0.2) is 30.3 Å². The van der Waals surface area contributed by atoms with Gasteiger partial charge in [0.25, 0.3) is 5.69 Å². The second kappa shape index (κ2) is 8.99. The molecule has 0 aromatic heterocycles. The van der Waals surface area contributed by atoms with Crippen molar-refractivity contribution in [1.82, 2.24) is 0 Å². The number of rotatable bonds is 8. The summed E-state index contributed by atoms with van der Waals surface area (Å²) in [6.45, 7) is 1.97. The minimum atomic E-state index is -0.554. The molecule has 0 spiro atoms. The van der Waals surface area contributed by atoms with Crippen LogP contribution in [0, 0.1) is 16.0 Å². The van der Waals surface area contributed by atoms with Crippen LogP contribution in [0.1, 0.15) is 31.7 Å². The lowest BCUT2D eigenvalue weighted by Gasteiger charge is -2.14. The number of carbonyl (C=O) groups excluding carboxylic acids is 1. The molecule has 0 saturated carbocycles. The number of thiocarbonyl (C=S) groups is 1. The lowest BCUT2D eigenvalue weighted by molar-refractivity contribution is -0.385. The molecule has 0 radical (unpaired) electrons. The molecule has 1 atom stereocenters. The number of allylic oxidation sites excluding steroid dienone is 1. The molecule has 1 unspecified atom stereocenters. The Balaban J connectivity index is 3.17. The fourth-order valence-corrected chi connectivity index (χ4v) is 2.55. The van der Waals surface area contributed by atoms with Crippen LogP contribution in [0.5, 0.6) is 0 Å². The van der Waals surface area contributed by atoms with Gasteiger partial charge in [0.2, 0.25) is 0 Å². The highest BCUT2D eigenvalue weighted by atomic mass is 32.1. The van der Waals surface area contributed by atoms with Gasteiger partial charge in [0.1, 0.15) is 0 Å². The Morgan fingerprint density at radius 1 is 1.48 bits per heavy atom. The van der Waals surface area contributed by atoms with Crippen LogP contribution in [0.2, 0.25) is 0 Å². The van der Waals surface area contributed by atoms with E-state index >= 15 is 0 Å². The predicted molar refractivity (Wildman–Crippen MR) is 92.9 cm³/mol. The molecule has 0 amide bonds. The van der Waals surface area contributed by atoms with Crippen molar-refractivity contribution >= 4 is 34.4 Å². The van der Waals surface area contributed by atoms with Crippen molar-refractivity contribution in [2.45, 2.75) is 26.2 Å². The van der Waals surface area contributed by atoms with E-state index in [2.05, 4.69) is 4.74 Å². The minimum Gasteiger partial charge on any atom is -0.466 e. The van der Waals surface area contributed by atoms with Gasteiger partial charge in [-0.15, -0.1) is 0 Å². The first-order valence-corrected chi connectivity index (χ1v) is 7.63. The standard InChI is InChI=1S/C16H20N2O4S/c1-3-11(16(17)23)8-9-12(10-15(19)22-2)13-6-4-5-7-14(13)18(20)21/h4-7,10-11H,3,8-9H2,1-2H3,(H2,17,23). The summed E-state index contributed by atoms with van der Waals surface area (Å²) in [6.07, 6.45) is 3.11. The van der Waals surface area contributed by atoms with E-state index in [1.165, 1.54) is 19.3 Å². The van der Waals surface area contributed by atoms with Gasteiger partial charge in [0.15, 0.2) is 0 Å². The molecular formula is C16H20N2O4S. The second-order valence-electron chi connectivity index (χ2n) is 5.01. The van der Waals surface area contributed by atoms with Crippen molar-refractivity contribution in [2.75, 3.05) is 7.11 Å². The third kappa shape index (κ3) is 5.45. The smallest absolute Gasteiger partial charge is 0.330 e. The molecule has 0 aliphatic rings. The molecule has 7 heteroatoms. The summed E-state index contributed by atoms with van der Waals surface area (Å²) in [7, 11) is 1.26. The maximum atomic E-state index is 11.6. The van der Waals surface area contributed by atoms with Gasteiger partial charge < -0.3 is 10.5 Å². The van der Waals surface area contributed by atoms with E-state index < -0.39 is 10.9 Å². The van der Waals surface area contributed by atoms with Gasteiger partial charge in [-0.25, -0.2) is 4.79 Å². The van der Waals surface area contributed by atoms with E-state index in [4.69, 9.17) is 18.0 Å². The van der Waals surface area contributed by atoms with Gasteiger partial charge in [0, 0.05) is 18.1 Å². The molecule has 0 saturated heterocycles. The summed E-state index contributed by atoms with van der Waals surface area (Å²) < 4.78 is 4.65. The Morgan fingerprint density at radius 3 is 2.65 bits per heavy atom. The van der Waals surface area contributed by atoms with E-state index in [0.29, 0.717) is 29.0 Å². The Hall–Kier alpha value is -2.28. The average molecular weight is 336 g/mol. The lowest BCUT2D eigenvalue weighted by Crippen LogP contribution is -2.20. The number of nitrogens with two attached hydrogens (primary N) is 1. The van der Waals surface area contributed by atoms with E-state index in [1.807, 2.05) is 6.92 Å². The molecule has 1 rings (SSSR count). The van der Waals surface area contributed by atoms with Crippen LogP contribution in [0.3, 0.4) is 0 Å². The van der Waals surface area contributed by atoms with E-state index in [9.17, 15) is 14.9 Å². The molecule has 1 aromatic rings. The number of hydrogen-bond acceptors (Lipinski definition) is 5. The topological polar surface area (TPSA) is 95.5 Å². The highest BCUT2D eigenvalue weighted by Crippen LogP contribution is 2.30. The molecule has 2 N–H and O–H groups in total. The summed E-state index contributed by atoms with van der Waals surface area (Å²) in [5, 5.41) is 11.2. The SMILES string of the molecule is CCC(CCC(=CC(=O)OC)c1ccccc1[N+](=O)[O-])C(N)=S. The molecule has 0 fully saturated rings. The Labute approximate surface area is 140 Å². The summed E-state index contributed by atoms with van der Waals surface area (Å²) in [4.78, 5) is 22.8. The average Bonchev–Trinajstić information content (AvgIpc) is 2.53. The molecule has 0 bridgehead atoms. The first kappa shape index (κ1) is 18.8. The van der Waals surface area contributed by atoms with Crippen LogP contribution in [-0.4, -0.2) is 23.0 Å². The summed E-state index contributed by atoms with van der Waals surface area (Å²) in [5.41, 5.74) is 6.58. The number of hydrogen-bond donors (Lipinski definition) is 1. The first-order chi connectivity index (χ1) is 10.9. The van der Waals surface area contributed by atoms with Gasteiger partial charge in [0.05, 0.1) is 22.6 Å². The Bertz CT molecular complexity index is 628. The van der Waals surface area contributed by atoms with Crippen LogP contribution in [0.25, 0.3) is 5.57 Å². The van der Waals surface area contributed by atoms with Crippen LogP contribution in [0.4, 0.5) is 5.69 Å². The molecule has 124 valence electrons. The normalized spacial score (nSPS) is 12.5. The van der Waals surface area contributed by atoms with E-state index in [0.717, 1.165) is 6.42 Å². The van der Waals surface area contributed by atoms with Gasteiger partial charge >= 0.3 is 5.97 Å². The summed E-state index contributed by atoms with van der Waals surface area (Å²) in [5.74, 6) is -0.532. The molecule has 23 heavy (non-hydrogen) atoms. The number of carbonyl (C=O) groups is 1. The van der Waals surface area contributed by atoms with Crippen LogP contribution in [-0.2, 0) is 9.53 Å². The zero-order valence-electron chi connectivity index (χ0n) is 13.2. The van der Waals surface area contributed by atoms with Gasteiger partial charge in [-0.3, -0.25) is 10.1 Å². The number of methoxy groups -OCH3 is 1. The number of nitro groups is 1. The molecular weight excluding hydrogens is 316 g/mol. The first-order valence-electron chi connectivity index (χ1n) is 7.22. The fourth-order valence-electron chi connectivity index (χ4n) is 2.27. The van der Waals surface area contributed by atoms with Gasteiger partial charge in [-0.2, -0.15) is 0 Å². The largest absolute Gasteiger partial charge is 0.466 e. The van der Waals surface area contributed by atoms with Crippen molar-refractivity contribution in [3.63, 3.8) is 0 Å². The number of benzene rings is 1. The number of nitrogens with zero attached hydrogens (tertiary/aromatic N) is 1. The van der Waals surface area contributed by atoms with Crippen LogP contribution < -0.4 is 5.73 Å². The third-order valence-electron chi connectivity index (χ3n) is 3.60. The fraction of sp³-hybridized carbons (Fsp3) is 0.375. The Kier molecular flexibility index (Phi) is 7.34. The molecule has 1 aromatic carbocycles.